The lowest BCUT2D eigenvalue weighted by atomic mass is 9.71. The number of carboxylic acid groups (broad SMARTS) is 1. The molecule has 0 radical (unpaired) electrons. The summed E-state index contributed by atoms with van der Waals surface area (Å²) in [6, 6.07) is 0.827. The zero-order valence-corrected chi connectivity index (χ0v) is 9.86. The topological polar surface area (TPSA) is 66.6 Å². The first-order valence-corrected chi connectivity index (χ1v) is 5.54. The highest BCUT2D eigenvalue weighted by Gasteiger charge is 2.40. The molecule has 1 rings (SSSR count). The Balaban J connectivity index is 2.78. The van der Waals surface area contributed by atoms with Crippen molar-refractivity contribution in [2.75, 3.05) is 13.6 Å². The van der Waals surface area contributed by atoms with Gasteiger partial charge < -0.3 is 15.7 Å². The number of nitrogens with zero attached hydrogens (tertiary/aromatic N) is 1. The Labute approximate surface area is 91.4 Å². The molecule has 1 fully saturated rings. The van der Waals surface area contributed by atoms with E-state index in [1.165, 1.54) is 0 Å². The number of aliphatic carboxylic acids is 1. The van der Waals surface area contributed by atoms with Gasteiger partial charge in [-0.15, -0.1) is 0 Å². The number of piperidine rings is 1. The second-order valence-electron chi connectivity index (χ2n) is 5.05. The molecule has 0 aromatic carbocycles. The van der Waals surface area contributed by atoms with Gasteiger partial charge in [0.05, 0.1) is 6.42 Å². The summed E-state index contributed by atoms with van der Waals surface area (Å²) in [7, 11) is 2.09. The molecule has 2 unspecified atom stereocenters. The molecular formula is C11H22N2O2. The maximum atomic E-state index is 10.9. The van der Waals surface area contributed by atoms with Crippen molar-refractivity contribution >= 4 is 5.97 Å². The number of carboxylic acids is 1. The van der Waals surface area contributed by atoms with Gasteiger partial charge in [0.15, 0.2) is 0 Å². The quantitative estimate of drug-likeness (QED) is 0.733. The number of hydrogen-bond acceptors (Lipinski definition) is 3. The standard InChI is InChI=1S/C11H22N2O2/c1-8-4-11(7-12,6-10(14)15)5-9(2)13(8)3/h8-9H,4-7,12H2,1-3H3,(H,14,15). The van der Waals surface area contributed by atoms with Crippen LogP contribution in [-0.2, 0) is 4.79 Å². The molecule has 4 heteroatoms. The molecule has 15 heavy (non-hydrogen) atoms. The molecule has 0 saturated carbocycles. The van der Waals surface area contributed by atoms with E-state index in [4.69, 9.17) is 10.8 Å². The molecule has 88 valence electrons. The Bertz CT molecular complexity index is 231. The number of hydrogen-bond donors (Lipinski definition) is 2. The molecule has 0 amide bonds. The maximum absolute atomic E-state index is 10.9. The van der Waals surface area contributed by atoms with Crippen LogP contribution >= 0.6 is 0 Å². The van der Waals surface area contributed by atoms with Gasteiger partial charge in [0.2, 0.25) is 0 Å². The molecular weight excluding hydrogens is 192 g/mol. The Hall–Kier alpha value is -0.610. The summed E-state index contributed by atoms with van der Waals surface area (Å²) in [6.07, 6.45) is 1.97. The average Bonchev–Trinajstić information content (AvgIpc) is 2.13. The minimum absolute atomic E-state index is 0.197. The van der Waals surface area contributed by atoms with Crippen molar-refractivity contribution in [2.45, 2.75) is 45.2 Å². The monoisotopic (exact) mass is 214 g/mol. The molecule has 2 atom stereocenters. The zero-order chi connectivity index (χ0) is 11.6. The third-order valence-electron chi connectivity index (χ3n) is 3.81. The van der Waals surface area contributed by atoms with Crippen LogP contribution in [0.25, 0.3) is 0 Å². The third-order valence-corrected chi connectivity index (χ3v) is 3.81. The van der Waals surface area contributed by atoms with Crippen LogP contribution < -0.4 is 5.73 Å². The van der Waals surface area contributed by atoms with Crippen LogP contribution in [0.1, 0.15) is 33.1 Å². The van der Waals surface area contributed by atoms with Gasteiger partial charge >= 0.3 is 5.97 Å². The van der Waals surface area contributed by atoms with Gasteiger partial charge in [-0.3, -0.25) is 4.79 Å². The van der Waals surface area contributed by atoms with E-state index < -0.39 is 5.97 Å². The summed E-state index contributed by atoms with van der Waals surface area (Å²) in [6.45, 7) is 4.76. The molecule has 1 aliphatic heterocycles. The molecule has 0 aliphatic carbocycles. The summed E-state index contributed by atoms with van der Waals surface area (Å²) in [4.78, 5) is 13.2. The van der Waals surface area contributed by atoms with Crippen molar-refractivity contribution in [1.29, 1.82) is 0 Å². The predicted octanol–water partition coefficient (Wildman–Crippen LogP) is 0.909. The van der Waals surface area contributed by atoms with Gasteiger partial charge in [-0.1, -0.05) is 0 Å². The van der Waals surface area contributed by atoms with E-state index >= 15 is 0 Å². The van der Waals surface area contributed by atoms with E-state index in [-0.39, 0.29) is 11.8 Å². The van der Waals surface area contributed by atoms with Crippen molar-refractivity contribution in [3.8, 4) is 0 Å². The van der Waals surface area contributed by atoms with E-state index in [0.29, 0.717) is 18.6 Å². The largest absolute Gasteiger partial charge is 0.481 e. The fraction of sp³-hybridized carbons (Fsp3) is 0.909. The Morgan fingerprint density at radius 3 is 2.27 bits per heavy atom. The zero-order valence-electron chi connectivity index (χ0n) is 9.86. The Morgan fingerprint density at radius 1 is 1.47 bits per heavy atom. The van der Waals surface area contributed by atoms with E-state index in [2.05, 4.69) is 25.8 Å². The normalized spacial score (nSPS) is 37.9. The number of carbonyl (C=O) groups is 1. The molecule has 0 aromatic heterocycles. The molecule has 3 N–H and O–H groups in total. The smallest absolute Gasteiger partial charge is 0.303 e. The van der Waals surface area contributed by atoms with Crippen LogP contribution in [0.4, 0.5) is 0 Å². The van der Waals surface area contributed by atoms with Crippen molar-refractivity contribution in [3.63, 3.8) is 0 Å². The van der Waals surface area contributed by atoms with E-state index in [1.807, 2.05) is 0 Å². The number of likely N-dealkylation sites (tertiary alicyclic amines) is 1. The lowest BCUT2D eigenvalue weighted by molar-refractivity contribution is -0.141. The van der Waals surface area contributed by atoms with E-state index in [1.54, 1.807) is 0 Å². The van der Waals surface area contributed by atoms with Crippen molar-refractivity contribution < 1.29 is 9.90 Å². The van der Waals surface area contributed by atoms with Crippen LogP contribution in [0.3, 0.4) is 0 Å². The number of rotatable bonds is 3. The highest BCUT2D eigenvalue weighted by atomic mass is 16.4. The molecule has 0 aromatic rings. The third kappa shape index (κ3) is 2.69. The second kappa shape index (κ2) is 4.49. The maximum Gasteiger partial charge on any atom is 0.303 e. The van der Waals surface area contributed by atoms with Gasteiger partial charge in [0, 0.05) is 12.1 Å². The lowest BCUT2D eigenvalue weighted by Gasteiger charge is -2.47. The fourth-order valence-electron chi connectivity index (χ4n) is 2.76. The average molecular weight is 214 g/mol. The van der Waals surface area contributed by atoms with Crippen LogP contribution in [-0.4, -0.2) is 41.7 Å². The van der Waals surface area contributed by atoms with Crippen LogP contribution in [0.2, 0.25) is 0 Å². The first-order valence-electron chi connectivity index (χ1n) is 5.54. The van der Waals surface area contributed by atoms with E-state index in [0.717, 1.165) is 12.8 Å². The van der Waals surface area contributed by atoms with Gasteiger partial charge in [-0.2, -0.15) is 0 Å². The minimum atomic E-state index is -0.732. The van der Waals surface area contributed by atoms with Gasteiger partial charge in [0.25, 0.3) is 0 Å². The van der Waals surface area contributed by atoms with Gasteiger partial charge in [0.1, 0.15) is 0 Å². The summed E-state index contributed by atoms with van der Waals surface area (Å²) in [5.74, 6) is -0.732. The molecule has 4 nitrogen and oxygen atoms in total. The Morgan fingerprint density at radius 2 is 1.93 bits per heavy atom. The first kappa shape index (κ1) is 12.5. The van der Waals surface area contributed by atoms with Gasteiger partial charge in [-0.25, -0.2) is 0 Å². The number of nitrogens with two attached hydrogens (primary N) is 1. The van der Waals surface area contributed by atoms with Gasteiger partial charge in [-0.05, 0) is 45.7 Å². The highest BCUT2D eigenvalue weighted by molar-refractivity contribution is 5.67. The van der Waals surface area contributed by atoms with Crippen LogP contribution in [0.5, 0.6) is 0 Å². The molecule has 1 heterocycles. The van der Waals surface area contributed by atoms with Crippen LogP contribution in [0.15, 0.2) is 0 Å². The SMILES string of the molecule is CC1CC(CN)(CC(=O)O)CC(C)N1C. The molecule has 0 bridgehead atoms. The summed E-state index contributed by atoms with van der Waals surface area (Å²) in [5, 5.41) is 8.93. The molecule has 1 saturated heterocycles. The second-order valence-corrected chi connectivity index (χ2v) is 5.05. The summed E-state index contributed by atoms with van der Waals surface area (Å²) >= 11 is 0. The van der Waals surface area contributed by atoms with Crippen molar-refractivity contribution in [3.05, 3.63) is 0 Å². The Kier molecular flexibility index (Phi) is 3.73. The fourth-order valence-corrected chi connectivity index (χ4v) is 2.76. The highest BCUT2D eigenvalue weighted by Crippen LogP contribution is 2.39. The van der Waals surface area contributed by atoms with Crippen LogP contribution in [0, 0.1) is 5.41 Å². The van der Waals surface area contributed by atoms with Crippen molar-refractivity contribution in [2.24, 2.45) is 11.1 Å². The molecule has 0 spiro atoms. The molecule has 1 aliphatic rings. The predicted molar refractivity (Wildman–Crippen MR) is 59.7 cm³/mol. The van der Waals surface area contributed by atoms with E-state index in [9.17, 15) is 4.79 Å². The minimum Gasteiger partial charge on any atom is -0.481 e. The van der Waals surface area contributed by atoms with Crippen molar-refractivity contribution in [1.82, 2.24) is 4.90 Å². The summed E-state index contributed by atoms with van der Waals surface area (Å²) < 4.78 is 0. The summed E-state index contributed by atoms with van der Waals surface area (Å²) in [5.41, 5.74) is 5.58. The lowest BCUT2D eigenvalue weighted by Crippen LogP contribution is -2.51. The first-order chi connectivity index (χ1) is 6.90.